The van der Waals surface area contributed by atoms with E-state index in [0.29, 0.717) is 28.5 Å². The number of amides is 1. The van der Waals surface area contributed by atoms with Gasteiger partial charge in [0.1, 0.15) is 12.4 Å². The summed E-state index contributed by atoms with van der Waals surface area (Å²) in [4.78, 5) is 28.5. The van der Waals surface area contributed by atoms with Crippen LogP contribution in [0.4, 0.5) is 5.69 Å². The average Bonchev–Trinajstić information content (AvgIpc) is 3.51. The van der Waals surface area contributed by atoms with Gasteiger partial charge in [-0.3, -0.25) is 14.5 Å². The fourth-order valence-corrected chi connectivity index (χ4v) is 4.74. The molecule has 0 aliphatic carbocycles. The summed E-state index contributed by atoms with van der Waals surface area (Å²) in [5.41, 5.74) is 2.36. The van der Waals surface area contributed by atoms with E-state index in [1.807, 2.05) is 72.8 Å². The first-order valence-electron chi connectivity index (χ1n) is 10.8. The standard InChI is InChI=1S/C28H21NO4S/c30-26(23-15-8-16-34-23)24-25(29(28(32)27(24)31)21-12-5-2-6-13-21)20-11-7-14-22(17-20)33-18-19-9-3-1-4-10-19/h1-17,25,31H,18H2. The molecule has 0 fully saturated rings. The molecule has 3 aromatic carbocycles. The van der Waals surface area contributed by atoms with Crippen LogP contribution in [-0.4, -0.2) is 16.8 Å². The molecule has 1 unspecified atom stereocenters. The molecule has 1 atom stereocenters. The maximum atomic E-state index is 13.4. The summed E-state index contributed by atoms with van der Waals surface area (Å²) in [6.45, 7) is 0.387. The summed E-state index contributed by atoms with van der Waals surface area (Å²) in [5, 5.41) is 12.6. The van der Waals surface area contributed by atoms with E-state index < -0.39 is 17.7 Å². The summed E-state index contributed by atoms with van der Waals surface area (Å²) in [6.07, 6.45) is 0. The van der Waals surface area contributed by atoms with Crippen molar-refractivity contribution in [2.45, 2.75) is 12.6 Å². The summed E-state index contributed by atoms with van der Waals surface area (Å²) >= 11 is 1.27. The summed E-state index contributed by atoms with van der Waals surface area (Å²) in [6, 6.07) is 28.9. The van der Waals surface area contributed by atoms with E-state index in [2.05, 4.69) is 0 Å². The molecule has 1 N–H and O–H groups in total. The minimum atomic E-state index is -0.787. The Hall–Kier alpha value is -4.16. The number of aliphatic hydroxyl groups is 1. The molecule has 34 heavy (non-hydrogen) atoms. The Morgan fingerprint density at radius 2 is 1.65 bits per heavy atom. The normalized spacial score (nSPS) is 15.6. The van der Waals surface area contributed by atoms with E-state index in [1.165, 1.54) is 16.2 Å². The Balaban J connectivity index is 1.55. The highest BCUT2D eigenvalue weighted by Crippen LogP contribution is 2.42. The average molecular weight is 468 g/mol. The summed E-state index contributed by atoms with van der Waals surface area (Å²) in [5.74, 6) is -0.884. The van der Waals surface area contributed by atoms with Crippen molar-refractivity contribution >= 4 is 28.7 Å². The quantitative estimate of drug-likeness (QED) is 0.333. The fourth-order valence-electron chi connectivity index (χ4n) is 4.06. The van der Waals surface area contributed by atoms with Crippen LogP contribution in [-0.2, 0) is 11.4 Å². The van der Waals surface area contributed by atoms with Gasteiger partial charge < -0.3 is 9.84 Å². The second-order valence-electron chi connectivity index (χ2n) is 7.83. The molecule has 5 nitrogen and oxygen atoms in total. The summed E-state index contributed by atoms with van der Waals surface area (Å²) in [7, 11) is 0. The largest absolute Gasteiger partial charge is 0.503 e. The van der Waals surface area contributed by atoms with Crippen LogP contribution in [0.15, 0.2) is 114 Å². The third-order valence-electron chi connectivity index (χ3n) is 5.65. The van der Waals surface area contributed by atoms with Gasteiger partial charge in [-0.05, 0) is 46.8 Å². The van der Waals surface area contributed by atoms with Crippen molar-refractivity contribution in [1.82, 2.24) is 0 Å². The molecule has 1 aliphatic rings. The van der Waals surface area contributed by atoms with Crippen molar-refractivity contribution < 1.29 is 19.4 Å². The van der Waals surface area contributed by atoms with Crippen LogP contribution in [0.3, 0.4) is 0 Å². The van der Waals surface area contributed by atoms with Crippen molar-refractivity contribution in [3.8, 4) is 5.75 Å². The van der Waals surface area contributed by atoms with Crippen molar-refractivity contribution in [2.75, 3.05) is 4.90 Å². The highest BCUT2D eigenvalue weighted by molar-refractivity contribution is 7.12. The maximum Gasteiger partial charge on any atom is 0.294 e. The number of nitrogens with zero attached hydrogens (tertiary/aromatic N) is 1. The highest BCUT2D eigenvalue weighted by Gasteiger charge is 2.44. The SMILES string of the molecule is O=C(C1=C(O)C(=O)N(c2ccccc2)C1c1cccc(OCc2ccccc2)c1)c1cccs1. The molecule has 0 spiro atoms. The van der Waals surface area contributed by atoms with E-state index in [4.69, 9.17) is 4.74 Å². The van der Waals surface area contributed by atoms with Crippen LogP contribution in [0.2, 0.25) is 0 Å². The summed E-state index contributed by atoms with van der Waals surface area (Å²) < 4.78 is 5.99. The molecule has 6 heteroatoms. The van der Waals surface area contributed by atoms with Crippen LogP contribution in [0.25, 0.3) is 0 Å². The van der Waals surface area contributed by atoms with Crippen LogP contribution < -0.4 is 9.64 Å². The molecular formula is C28H21NO4S. The molecule has 0 bridgehead atoms. The van der Waals surface area contributed by atoms with Gasteiger partial charge in [0.15, 0.2) is 5.76 Å². The van der Waals surface area contributed by atoms with Gasteiger partial charge in [0.25, 0.3) is 5.91 Å². The third-order valence-corrected chi connectivity index (χ3v) is 6.52. The van der Waals surface area contributed by atoms with Crippen molar-refractivity contribution in [2.24, 2.45) is 0 Å². The number of carbonyl (C=O) groups is 2. The first kappa shape index (κ1) is 21.7. The lowest BCUT2D eigenvalue weighted by Crippen LogP contribution is -2.31. The predicted molar refractivity (Wildman–Crippen MR) is 132 cm³/mol. The molecule has 1 aromatic heterocycles. The second kappa shape index (κ2) is 9.37. The van der Waals surface area contributed by atoms with Gasteiger partial charge in [-0.2, -0.15) is 0 Å². The lowest BCUT2D eigenvalue weighted by Gasteiger charge is -2.27. The highest BCUT2D eigenvalue weighted by atomic mass is 32.1. The van der Waals surface area contributed by atoms with E-state index in [1.54, 1.807) is 29.6 Å². The monoisotopic (exact) mass is 467 g/mol. The van der Waals surface area contributed by atoms with Gasteiger partial charge in [-0.1, -0.05) is 66.7 Å². The van der Waals surface area contributed by atoms with Gasteiger partial charge in [-0.15, -0.1) is 11.3 Å². The Bertz CT molecular complexity index is 1350. The van der Waals surface area contributed by atoms with Crippen LogP contribution in [0.1, 0.15) is 26.8 Å². The fraction of sp³-hybridized carbons (Fsp3) is 0.0714. The van der Waals surface area contributed by atoms with Crippen molar-refractivity contribution in [3.05, 3.63) is 130 Å². The topological polar surface area (TPSA) is 66.8 Å². The Morgan fingerprint density at radius 1 is 0.912 bits per heavy atom. The zero-order chi connectivity index (χ0) is 23.5. The van der Waals surface area contributed by atoms with Crippen LogP contribution in [0, 0.1) is 0 Å². The Kier molecular flexibility index (Phi) is 5.97. The Morgan fingerprint density at radius 3 is 2.35 bits per heavy atom. The number of anilines is 1. The molecule has 168 valence electrons. The number of para-hydroxylation sites is 1. The van der Waals surface area contributed by atoms with Crippen molar-refractivity contribution in [1.29, 1.82) is 0 Å². The zero-order valence-electron chi connectivity index (χ0n) is 18.1. The number of hydrogen-bond acceptors (Lipinski definition) is 5. The number of Topliss-reactive ketones (excluding diaryl/α,β-unsaturated/α-hetero) is 1. The lowest BCUT2D eigenvalue weighted by molar-refractivity contribution is -0.117. The number of ketones is 1. The minimum absolute atomic E-state index is 0.0662. The van der Waals surface area contributed by atoms with Crippen LogP contribution in [0.5, 0.6) is 5.75 Å². The second-order valence-corrected chi connectivity index (χ2v) is 8.78. The molecule has 0 radical (unpaired) electrons. The van der Waals surface area contributed by atoms with Gasteiger partial charge in [0, 0.05) is 5.69 Å². The molecule has 1 aliphatic heterocycles. The van der Waals surface area contributed by atoms with E-state index in [9.17, 15) is 14.7 Å². The van der Waals surface area contributed by atoms with E-state index in [0.717, 1.165) is 5.56 Å². The van der Waals surface area contributed by atoms with Crippen LogP contribution >= 0.6 is 11.3 Å². The van der Waals surface area contributed by atoms with Gasteiger partial charge in [0.2, 0.25) is 5.78 Å². The molecule has 4 aromatic rings. The molecule has 2 heterocycles. The molecule has 1 amide bonds. The number of thiophene rings is 1. The maximum absolute atomic E-state index is 13.4. The number of ether oxygens (including phenoxy) is 1. The Labute approximate surface area is 201 Å². The van der Waals surface area contributed by atoms with Crippen molar-refractivity contribution in [3.63, 3.8) is 0 Å². The molecule has 5 rings (SSSR count). The molecular weight excluding hydrogens is 446 g/mol. The third kappa shape index (κ3) is 4.11. The number of carbonyl (C=O) groups excluding carboxylic acids is 2. The van der Waals surface area contributed by atoms with Gasteiger partial charge in [0.05, 0.1) is 16.5 Å². The molecule has 0 saturated carbocycles. The zero-order valence-corrected chi connectivity index (χ0v) is 18.9. The smallest absolute Gasteiger partial charge is 0.294 e. The number of hydrogen-bond donors (Lipinski definition) is 1. The first-order valence-corrected chi connectivity index (χ1v) is 11.7. The minimum Gasteiger partial charge on any atom is -0.503 e. The van der Waals surface area contributed by atoms with Gasteiger partial charge >= 0.3 is 0 Å². The number of aliphatic hydroxyl groups excluding tert-OH is 1. The number of benzene rings is 3. The first-order chi connectivity index (χ1) is 16.6. The van der Waals surface area contributed by atoms with E-state index >= 15 is 0 Å². The number of rotatable bonds is 7. The lowest BCUT2D eigenvalue weighted by atomic mass is 9.95. The van der Waals surface area contributed by atoms with Gasteiger partial charge in [-0.25, -0.2) is 0 Å². The molecule has 0 saturated heterocycles. The van der Waals surface area contributed by atoms with E-state index in [-0.39, 0.29) is 11.4 Å². The predicted octanol–water partition coefficient (Wildman–Crippen LogP) is 6.11.